The van der Waals surface area contributed by atoms with Crippen LogP contribution in [0.3, 0.4) is 0 Å². The first-order chi connectivity index (χ1) is 9.61. The van der Waals surface area contributed by atoms with Crippen LogP contribution in [0.1, 0.15) is 21.6 Å². The van der Waals surface area contributed by atoms with Crippen LogP contribution in [0.2, 0.25) is 0 Å². The van der Waals surface area contributed by atoms with Gasteiger partial charge in [-0.1, -0.05) is 34.1 Å². The molecule has 2 rings (SSSR count). The van der Waals surface area contributed by atoms with Crippen molar-refractivity contribution in [2.45, 2.75) is 13.2 Å². The summed E-state index contributed by atoms with van der Waals surface area (Å²) in [6.07, 6.45) is 1.53. The minimum Gasteiger partial charge on any atom is -0.390 e. The second-order valence-corrected chi connectivity index (χ2v) is 5.30. The number of rotatable bonds is 4. The molecule has 0 atom stereocenters. The van der Waals surface area contributed by atoms with Crippen LogP contribution in [-0.4, -0.2) is 27.9 Å². The Hall–Kier alpha value is -1.72. The first kappa shape index (κ1) is 14.7. The molecule has 0 aliphatic carbocycles. The van der Waals surface area contributed by atoms with Gasteiger partial charge in [-0.2, -0.15) is 0 Å². The molecule has 2 aromatic rings. The molecule has 1 aromatic heterocycles. The summed E-state index contributed by atoms with van der Waals surface area (Å²) in [6.45, 7) is 0.339. The zero-order valence-electron chi connectivity index (χ0n) is 11.1. The molecule has 0 unspecified atom stereocenters. The smallest absolute Gasteiger partial charge is 0.254 e. The number of amides is 1. The number of pyridine rings is 1. The molecule has 20 heavy (non-hydrogen) atoms. The molecule has 0 aliphatic rings. The van der Waals surface area contributed by atoms with Crippen molar-refractivity contribution in [3.8, 4) is 0 Å². The Balaban J connectivity index is 2.14. The van der Waals surface area contributed by atoms with Gasteiger partial charge in [-0.15, -0.1) is 0 Å². The van der Waals surface area contributed by atoms with E-state index < -0.39 is 0 Å². The van der Waals surface area contributed by atoms with Gasteiger partial charge in [0.1, 0.15) is 0 Å². The zero-order valence-corrected chi connectivity index (χ0v) is 12.7. The van der Waals surface area contributed by atoms with Crippen molar-refractivity contribution in [1.82, 2.24) is 9.88 Å². The van der Waals surface area contributed by atoms with Gasteiger partial charge in [0.25, 0.3) is 5.91 Å². The highest BCUT2D eigenvalue weighted by atomic mass is 79.9. The number of carbonyl (C=O) groups excluding carboxylic acids is 1. The number of aliphatic hydroxyl groups is 1. The SMILES string of the molecule is CN(Cc1ccccc1Br)C(=O)c1ccnc(CO)c1. The minimum absolute atomic E-state index is 0.0992. The third kappa shape index (κ3) is 3.43. The van der Waals surface area contributed by atoms with Gasteiger partial charge < -0.3 is 10.0 Å². The fourth-order valence-electron chi connectivity index (χ4n) is 1.87. The molecular weight excluding hydrogens is 320 g/mol. The maximum absolute atomic E-state index is 12.3. The Labute approximate surface area is 126 Å². The van der Waals surface area contributed by atoms with E-state index >= 15 is 0 Å². The summed E-state index contributed by atoms with van der Waals surface area (Å²) < 4.78 is 0.977. The maximum Gasteiger partial charge on any atom is 0.254 e. The normalized spacial score (nSPS) is 10.3. The van der Waals surface area contributed by atoms with Crippen molar-refractivity contribution >= 4 is 21.8 Å². The number of benzene rings is 1. The van der Waals surface area contributed by atoms with Crippen molar-refractivity contribution in [3.63, 3.8) is 0 Å². The Kier molecular flexibility index (Phi) is 4.87. The fraction of sp³-hybridized carbons (Fsp3) is 0.200. The second-order valence-electron chi connectivity index (χ2n) is 4.45. The lowest BCUT2D eigenvalue weighted by Gasteiger charge is -2.18. The van der Waals surface area contributed by atoms with Gasteiger partial charge in [0.05, 0.1) is 12.3 Å². The van der Waals surface area contributed by atoms with E-state index in [1.54, 1.807) is 24.1 Å². The van der Waals surface area contributed by atoms with E-state index in [2.05, 4.69) is 20.9 Å². The molecule has 0 spiro atoms. The van der Waals surface area contributed by atoms with E-state index in [1.165, 1.54) is 6.20 Å². The van der Waals surface area contributed by atoms with Gasteiger partial charge in [-0.05, 0) is 23.8 Å². The molecule has 104 valence electrons. The molecule has 4 nitrogen and oxygen atoms in total. The number of nitrogens with zero attached hydrogens (tertiary/aromatic N) is 2. The summed E-state index contributed by atoms with van der Waals surface area (Å²) in [7, 11) is 1.75. The number of hydrogen-bond donors (Lipinski definition) is 1. The Morgan fingerprint density at radius 2 is 2.10 bits per heavy atom. The van der Waals surface area contributed by atoms with E-state index in [9.17, 15) is 4.79 Å². The van der Waals surface area contributed by atoms with Crippen molar-refractivity contribution in [2.24, 2.45) is 0 Å². The number of halogens is 1. The van der Waals surface area contributed by atoms with Gasteiger partial charge >= 0.3 is 0 Å². The lowest BCUT2D eigenvalue weighted by molar-refractivity contribution is 0.0784. The quantitative estimate of drug-likeness (QED) is 0.934. The molecule has 1 heterocycles. The van der Waals surface area contributed by atoms with Gasteiger partial charge in [0.2, 0.25) is 0 Å². The predicted molar refractivity (Wildman–Crippen MR) is 80.1 cm³/mol. The molecular formula is C15H15BrN2O2. The number of hydrogen-bond acceptors (Lipinski definition) is 3. The molecule has 1 N–H and O–H groups in total. The molecule has 0 saturated heterocycles. The molecule has 1 aromatic carbocycles. The number of aliphatic hydroxyl groups excluding tert-OH is 1. The van der Waals surface area contributed by atoms with Crippen LogP contribution in [0, 0.1) is 0 Å². The predicted octanol–water partition coefficient (Wildman–Crippen LogP) is 2.61. The van der Waals surface area contributed by atoms with Crippen LogP contribution in [-0.2, 0) is 13.2 Å². The molecule has 0 saturated carbocycles. The molecule has 0 fully saturated rings. The lowest BCUT2D eigenvalue weighted by Crippen LogP contribution is -2.26. The summed E-state index contributed by atoms with van der Waals surface area (Å²) in [5, 5.41) is 9.06. The summed E-state index contributed by atoms with van der Waals surface area (Å²) in [6, 6.07) is 11.1. The molecule has 0 radical (unpaired) electrons. The van der Waals surface area contributed by atoms with E-state index in [4.69, 9.17) is 5.11 Å². The van der Waals surface area contributed by atoms with Gasteiger partial charge in [0, 0.05) is 29.8 Å². The van der Waals surface area contributed by atoms with Gasteiger partial charge in [-0.3, -0.25) is 9.78 Å². The van der Waals surface area contributed by atoms with Crippen molar-refractivity contribution in [3.05, 3.63) is 63.9 Å². The van der Waals surface area contributed by atoms with Crippen molar-refractivity contribution < 1.29 is 9.90 Å². The maximum atomic E-state index is 12.3. The standard InChI is InChI=1S/C15H15BrN2O2/c1-18(9-12-4-2-3-5-14(12)16)15(20)11-6-7-17-13(8-11)10-19/h2-8,19H,9-10H2,1H3. The summed E-state index contributed by atoms with van der Waals surface area (Å²) in [4.78, 5) is 17.9. The Bertz CT molecular complexity index is 616. The third-order valence-corrected chi connectivity index (χ3v) is 3.71. The summed E-state index contributed by atoms with van der Waals surface area (Å²) in [5.74, 6) is -0.0992. The van der Waals surface area contributed by atoms with Gasteiger partial charge in [0.15, 0.2) is 0 Å². The second kappa shape index (κ2) is 6.63. The summed E-state index contributed by atoms with van der Waals surface area (Å²) in [5.41, 5.74) is 2.06. The van der Waals surface area contributed by atoms with Crippen molar-refractivity contribution in [1.29, 1.82) is 0 Å². The van der Waals surface area contributed by atoms with E-state index in [0.717, 1.165) is 10.0 Å². The number of carbonyl (C=O) groups is 1. The average Bonchev–Trinajstić information content (AvgIpc) is 2.48. The van der Waals surface area contributed by atoms with Gasteiger partial charge in [-0.25, -0.2) is 0 Å². The summed E-state index contributed by atoms with van der Waals surface area (Å²) >= 11 is 3.47. The van der Waals surface area contributed by atoms with Crippen LogP contribution >= 0.6 is 15.9 Å². The lowest BCUT2D eigenvalue weighted by atomic mass is 10.1. The van der Waals surface area contributed by atoms with E-state index in [-0.39, 0.29) is 12.5 Å². The molecule has 0 aliphatic heterocycles. The highest BCUT2D eigenvalue weighted by Crippen LogP contribution is 2.18. The van der Waals surface area contributed by atoms with Crippen LogP contribution in [0.5, 0.6) is 0 Å². The number of aromatic nitrogens is 1. The first-order valence-electron chi connectivity index (χ1n) is 6.16. The topological polar surface area (TPSA) is 53.4 Å². The van der Waals surface area contributed by atoms with Crippen LogP contribution in [0.15, 0.2) is 47.1 Å². The van der Waals surface area contributed by atoms with Crippen LogP contribution < -0.4 is 0 Å². The largest absolute Gasteiger partial charge is 0.390 e. The highest BCUT2D eigenvalue weighted by molar-refractivity contribution is 9.10. The molecule has 0 bridgehead atoms. The van der Waals surface area contributed by atoms with Crippen LogP contribution in [0.25, 0.3) is 0 Å². The highest BCUT2D eigenvalue weighted by Gasteiger charge is 2.13. The zero-order chi connectivity index (χ0) is 14.5. The Morgan fingerprint density at radius 3 is 2.80 bits per heavy atom. The van der Waals surface area contributed by atoms with Crippen molar-refractivity contribution in [2.75, 3.05) is 7.05 Å². The first-order valence-corrected chi connectivity index (χ1v) is 6.96. The average molecular weight is 335 g/mol. The molecule has 5 heteroatoms. The molecule has 1 amide bonds. The van der Waals surface area contributed by atoms with E-state index in [0.29, 0.717) is 17.8 Å². The Morgan fingerprint density at radius 1 is 1.35 bits per heavy atom. The minimum atomic E-state index is -0.172. The van der Waals surface area contributed by atoms with Crippen LogP contribution in [0.4, 0.5) is 0 Å². The fourth-order valence-corrected chi connectivity index (χ4v) is 2.28. The monoisotopic (exact) mass is 334 g/mol. The van der Waals surface area contributed by atoms with E-state index in [1.807, 2.05) is 24.3 Å². The third-order valence-electron chi connectivity index (χ3n) is 2.94.